The lowest BCUT2D eigenvalue weighted by atomic mass is 9.91. The van der Waals surface area contributed by atoms with Gasteiger partial charge in [0.15, 0.2) is 6.10 Å². The second-order valence-corrected chi connectivity index (χ2v) is 9.14. The number of carbonyl (C=O) groups excluding carboxylic acids is 4. The fourth-order valence-corrected chi connectivity index (χ4v) is 3.52. The van der Waals surface area contributed by atoms with Crippen molar-refractivity contribution in [2.24, 2.45) is 11.3 Å². The van der Waals surface area contributed by atoms with E-state index in [1.807, 2.05) is 27.7 Å². The highest BCUT2D eigenvalue weighted by molar-refractivity contribution is 6.01. The van der Waals surface area contributed by atoms with Crippen LogP contribution in [-0.2, 0) is 19.1 Å². The van der Waals surface area contributed by atoms with Crippen LogP contribution in [0.2, 0.25) is 0 Å². The number of esters is 1. The Bertz CT molecular complexity index is 802. The molecule has 0 spiro atoms. The molecular weight excluding hydrogens is 396 g/mol. The van der Waals surface area contributed by atoms with Gasteiger partial charge in [-0.05, 0) is 50.5 Å². The van der Waals surface area contributed by atoms with Crippen LogP contribution < -0.4 is 5.32 Å². The van der Waals surface area contributed by atoms with Gasteiger partial charge < -0.3 is 15.0 Å². The Labute approximate surface area is 184 Å². The molecule has 0 aromatic heterocycles. The lowest BCUT2D eigenvalue weighted by Crippen LogP contribution is -2.45. The van der Waals surface area contributed by atoms with Crippen LogP contribution in [0.15, 0.2) is 24.3 Å². The predicted molar refractivity (Wildman–Crippen MR) is 119 cm³/mol. The number of carbonyl (C=O) groups is 4. The third-order valence-corrected chi connectivity index (χ3v) is 5.35. The second-order valence-electron chi connectivity index (χ2n) is 9.14. The van der Waals surface area contributed by atoms with E-state index in [1.54, 1.807) is 36.1 Å². The topological polar surface area (TPSA) is 92.8 Å². The van der Waals surface area contributed by atoms with Crippen molar-refractivity contribution in [3.63, 3.8) is 0 Å². The number of rotatable bonds is 7. The molecule has 7 heteroatoms. The van der Waals surface area contributed by atoms with Gasteiger partial charge in [0.1, 0.15) is 0 Å². The number of hydrogen-bond acceptors (Lipinski definition) is 5. The van der Waals surface area contributed by atoms with Gasteiger partial charge in [-0.3, -0.25) is 19.2 Å². The summed E-state index contributed by atoms with van der Waals surface area (Å²) in [5.74, 6) is -0.987. The minimum absolute atomic E-state index is 0.0703. The molecule has 7 nitrogen and oxygen atoms in total. The number of nitrogens with one attached hydrogen (secondary N) is 1. The van der Waals surface area contributed by atoms with E-state index in [4.69, 9.17) is 4.74 Å². The van der Waals surface area contributed by atoms with Crippen molar-refractivity contribution < 1.29 is 23.9 Å². The molecule has 31 heavy (non-hydrogen) atoms. The Kier molecular flexibility index (Phi) is 8.36. The van der Waals surface area contributed by atoms with Crippen LogP contribution in [0.3, 0.4) is 0 Å². The molecule has 2 amide bonds. The predicted octanol–water partition coefficient (Wildman–Crippen LogP) is 3.82. The molecule has 1 aromatic rings. The third-order valence-electron chi connectivity index (χ3n) is 5.35. The molecule has 170 valence electrons. The minimum atomic E-state index is -0.901. The van der Waals surface area contributed by atoms with Gasteiger partial charge in [-0.25, -0.2) is 0 Å². The van der Waals surface area contributed by atoms with E-state index in [0.717, 1.165) is 6.42 Å². The van der Waals surface area contributed by atoms with E-state index < -0.39 is 17.5 Å². The maximum atomic E-state index is 12.6. The number of likely N-dealkylation sites (tertiary alicyclic amines) is 1. The van der Waals surface area contributed by atoms with Crippen molar-refractivity contribution in [1.29, 1.82) is 0 Å². The average molecular weight is 431 g/mol. The standard InChI is InChI=1S/C24H34N2O5/c1-6-7-20(27)25-19-10-8-17(9-11-19)21(28)16(2)31-22(29)18-12-14-26(15-13-18)23(30)24(3,4)5/h8-11,16,18H,6-7,12-15H2,1-5H3,(H,25,27). The molecule has 1 unspecified atom stereocenters. The van der Waals surface area contributed by atoms with E-state index in [-0.39, 0.29) is 23.5 Å². The number of benzene rings is 1. The van der Waals surface area contributed by atoms with Gasteiger partial charge in [-0.2, -0.15) is 0 Å². The zero-order valence-corrected chi connectivity index (χ0v) is 19.2. The first-order chi connectivity index (χ1) is 14.5. The Morgan fingerprint density at radius 3 is 2.19 bits per heavy atom. The van der Waals surface area contributed by atoms with Crippen molar-refractivity contribution in [3.05, 3.63) is 29.8 Å². The number of ketones is 1. The van der Waals surface area contributed by atoms with Crippen LogP contribution in [0.1, 0.15) is 70.7 Å². The van der Waals surface area contributed by atoms with Crippen LogP contribution in [-0.4, -0.2) is 47.7 Å². The molecule has 1 atom stereocenters. The smallest absolute Gasteiger partial charge is 0.309 e. The van der Waals surface area contributed by atoms with Crippen molar-refractivity contribution in [3.8, 4) is 0 Å². The van der Waals surface area contributed by atoms with Crippen LogP contribution in [0.4, 0.5) is 5.69 Å². The number of amides is 2. The van der Waals surface area contributed by atoms with Gasteiger partial charge in [0.05, 0.1) is 5.92 Å². The Balaban J connectivity index is 1.86. The zero-order valence-electron chi connectivity index (χ0n) is 19.2. The van der Waals surface area contributed by atoms with Crippen LogP contribution in [0.5, 0.6) is 0 Å². The fraction of sp³-hybridized carbons (Fsp3) is 0.583. The highest BCUT2D eigenvalue weighted by atomic mass is 16.5. The molecular formula is C24H34N2O5. The summed E-state index contributed by atoms with van der Waals surface area (Å²) in [7, 11) is 0. The zero-order chi connectivity index (χ0) is 23.2. The Hall–Kier alpha value is -2.70. The summed E-state index contributed by atoms with van der Waals surface area (Å²) in [6.45, 7) is 10.2. The fourth-order valence-electron chi connectivity index (χ4n) is 3.52. The summed E-state index contributed by atoms with van der Waals surface area (Å²) in [5, 5.41) is 2.77. The first kappa shape index (κ1) is 24.6. The van der Waals surface area contributed by atoms with Gasteiger partial charge in [-0.1, -0.05) is 27.7 Å². The highest BCUT2D eigenvalue weighted by Gasteiger charge is 2.34. The normalized spacial score (nSPS) is 15.8. The molecule has 1 heterocycles. The SMILES string of the molecule is CCCC(=O)Nc1ccc(C(=O)C(C)OC(=O)C2CCN(C(=O)C(C)(C)C)CC2)cc1. The van der Waals surface area contributed by atoms with Crippen molar-refractivity contribution >= 4 is 29.3 Å². The molecule has 1 aliphatic rings. The van der Waals surface area contributed by atoms with E-state index in [2.05, 4.69) is 5.32 Å². The number of nitrogens with zero attached hydrogens (tertiary/aromatic N) is 1. The highest BCUT2D eigenvalue weighted by Crippen LogP contribution is 2.25. The molecule has 0 saturated carbocycles. The maximum Gasteiger partial charge on any atom is 0.309 e. The Morgan fingerprint density at radius 1 is 1.10 bits per heavy atom. The second kappa shape index (κ2) is 10.6. The molecule has 0 radical (unpaired) electrons. The number of piperidine rings is 1. The molecule has 1 aromatic carbocycles. The third kappa shape index (κ3) is 6.91. The van der Waals surface area contributed by atoms with E-state index in [9.17, 15) is 19.2 Å². The van der Waals surface area contributed by atoms with Gasteiger partial charge in [-0.15, -0.1) is 0 Å². The summed E-state index contributed by atoms with van der Waals surface area (Å²) < 4.78 is 5.43. The molecule has 0 aliphatic carbocycles. The van der Waals surface area contributed by atoms with Crippen LogP contribution >= 0.6 is 0 Å². The van der Waals surface area contributed by atoms with Gasteiger partial charge >= 0.3 is 5.97 Å². The lowest BCUT2D eigenvalue weighted by Gasteiger charge is -2.35. The minimum Gasteiger partial charge on any atom is -0.454 e. The molecule has 1 fully saturated rings. The molecule has 2 rings (SSSR count). The van der Waals surface area contributed by atoms with Crippen molar-refractivity contribution in [2.45, 2.75) is 66.4 Å². The number of Topliss-reactive ketones (excluding diaryl/α,β-unsaturated/α-hetero) is 1. The number of ether oxygens (including phenoxy) is 1. The summed E-state index contributed by atoms with van der Waals surface area (Å²) in [5.41, 5.74) is 0.596. The molecule has 1 N–H and O–H groups in total. The van der Waals surface area contributed by atoms with E-state index in [0.29, 0.717) is 43.6 Å². The Morgan fingerprint density at radius 2 is 1.68 bits per heavy atom. The summed E-state index contributed by atoms with van der Waals surface area (Å²) >= 11 is 0. The van der Waals surface area contributed by atoms with Crippen LogP contribution in [0.25, 0.3) is 0 Å². The molecule has 1 aliphatic heterocycles. The monoisotopic (exact) mass is 430 g/mol. The summed E-state index contributed by atoms with van der Waals surface area (Å²) in [4.78, 5) is 51.0. The molecule has 0 bridgehead atoms. The summed E-state index contributed by atoms with van der Waals surface area (Å²) in [6, 6.07) is 6.56. The van der Waals surface area contributed by atoms with E-state index >= 15 is 0 Å². The largest absolute Gasteiger partial charge is 0.454 e. The first-order valence-corrected chi connectivity index (χ1v) is 11.0. The van der Waals surface area contributed by atoms with Gasteiger partial charge in [0.2, 0.25) is 17.6 Å². The van der Waals surface area contributed by atoms with E-state index in [1.165, 1.54) is 0 Å². The van der Waals surface area contributed by atoms with Crippen molar-refractivity contribution in [2.75, 3.05) is 18.4 Å². The first-order valence-electron chi connectivity index (χ1n) is 11.0. The average Bonchev–Trinajstić information content (AvgIpc) is 2.72. The maximum absolute atomic E-state index is 12.6. The molecule has 1 saturated heterocycles. The number of anilines is 1. The lowest BCUT2D eigenvalue weighted by molar-refractivity contribution is -0.155. The number of hydrogen-bond donors (Lipinski definition) is 1. The van der Waals surface area contributed by atoms with Crippen molar-refractivity contribution in [1.82, 2.24) is 4.90 Å². The summed E-state index contributed by atoms with van der Waals surface area (Å²) in [6.07, 6.45) is 1.37. The van der Waals surface area contributed by atoms with Gasteiger partial charge in [0, 0.05) is 36.2 Å². The quantitative estimate of drug-likeness (QED) is 0.524. The van der Waals surface area contributed by atoms with Gasteiger partial charge in [0.25, 0.3) is 0 Å². The van der Waals surface area contributed by atoms with Crippen LogP contribution in [0, 0.1) is 11.3 Å².